The van der Waals surface area contributed by atoms with E-state index in [2.05, 4.69) is 42.3 Å². The highest BCUT2D eigenvalue weighted by atomic mass is 79.9. The number of likely N-dealkylation sites (tertiary alicyclic amines) is 1. The van der Waals surface area contributed by atoms with Gasteiger partial charge in [0.2, 0.25) is 10.0 Å². The Morgan fingerprint density at radius 3 is 2.66 bits per heavy atom. The van der Waals surface area contributed by atoms with Crippen molar-refractivity contribution in [3.05, 3.63) is 50.6 Å². The molecule has 1 aliphatic carbocycles. The molecule has 6 nitrogen and oxygen atoms in total. The number of carbonyl (C=O) groups is 1. The van der Waals surface area contributed by atoms with E-state index in [1.807, 2.05) is 6.07 Å². The van der Waals surface area contributed by atoms with Gasteiger partial charge in [-0.2, -0.15) is 0 Å². The van der Waals surface area contributed by atoms with Crippen LogP contribution in [0.4, 0.5) is 0 Å². The van der Waals surface area contributed by atoms with Crippen LogP contribution in [0.1, 0.15) is 47.0 Å². The summed E-state index contributed by atoms with van der Waals surface area (Å²) in [5.74, 6) is -0.277. The number of nitrogens with one attached hydrogen (secondary N) is 2. The maximum absolute atomic E-state index is 12.9. The molecule has 1 atom stereocenters. The van der Waals surface area contributed by atoms with Crippen LogP contribution < -0.4 is 10.0 Å². The van der Waals surface area contributed by atoms with Crippen molar-refractivity contribution in [1.29, 1.82) is 0 Å². The molecule has 1 saturated carbocycles. The van der Waals surface area contributed by atoms with E-state index in [-0.39, 0.29) is 22.9 Å². The molecule has 1 amide bonds. The zero-order valence-corrected chi connectivity index (χ0v) is 19.2. The Kier molecular flexibility index (Phi) is 6.41. The fourth-order valence-corrected chi connectivity index (χ4v) is 6.18. The molecule has 9 heteroatoms. The van der Waals surface area contributed by atoms with Crippen molar-refractivity contribution in [3.63, 3.8) is 0 Å². The van der Waals surface area contributed by atoms with Crippen molar-refractivity contribution in [1.82, 2.24) is 14.9 Å². The minimum absolute atomic E-state index is 0.0212. The third kappa shape index (κ3) is 5.08. The highest BCUT2D eigenvalue weighted by molar-refractivity contribution is 9.10. The number of carbonyl (C=O) groups excluding carboxylic acids is 1. The molecule has 2 aliphatic rings. The van der Waals surface area contributed by atoms with Crippen molar-refractivity contribution in [3.8, 4) is 0 Å². The summed E-state index contributed by atoms with van der Waals surface area (Å²) >= 11 is 5.08. The Bertz CT molecular complexity index is 969. The highest BCUT2D eigenvalue weighted by Crippen LogP contribution is 2.29. The molecule has 0 spiro atoms. The van der Waals surface area contributed by atoms with Gasteiger partial charge in [0.15, 0.2) is 0 Å². The molecule has 0 radical (unpaired) electrons. The van der Waals surface area contributed by atoms with Crippen LogP contribution in [0.5, 0.6) is 0 Å². The number of halogens is 1. The lowest BCUT2D eigenvalue weighted by Crippen LogP contribution is -2.36. The summed E-state index contributed by atoms with van der Waals surface area (Å²) in [6, 6.07) is 8.88. The van der Waals surface area contributed by atoms with Gasteiger partial charge in [0.1, 0.15) is 0 Å². The normalized spacial score (nSPS) is 18.7. The van der Waals surface area contributed by atoms with E-state index in [4.69, 9.17) is 0 Å². The minimum atomic E-state index is -3.61. The van der Waals surface area contributed by atoms with Gasteiger partial charge in [0.25, 0.3) is 5.91 Å². The zero-order chi connectivity index (χ0) is 20.4. The Labute approximate surface area is 183 Å². The molecule has 2 aromatic rings. The summed E-state index contributed by atoms with van der Waals surface area (Å²) in [6.07, 6.45) is 4.08. The molecular weight excluding hydrogens is 474 g/mol. The fourth-order valence-electron chi connectivity index (χ4n) is 3.56. The average Bonchev–Trinajstić information content (AvgIpc) is 3.15. The van der Waals surface area contributed by atoms with Crippen molar-refractivity contribution in [2.75, 3.05) is 19.6 Å². The molecule has 1 aliphatic heterocycles. The first-order valence-corrected chi connectivity index (χ1v) is 13.0. The monoisotopic (exact) mass is 497 g/mol. The predicted molar refractivity (Wildman–Crippen MR) is 118 cm³/mol. The van der Waals surface area contributed by atoms with Crippen molar-refractivity contribution in [2.24, 2.45) is 0 Å². The summed E-state index contributed by atoms with van der Waals surface area (Å²) in [4.78, 5) is 16.7. The Balaban J connectivity index is 1.49. The zero-order valence-electron chi connectivity index (χ0n) is 15.9. The molecule has 156 valence electrons. The van der Waals surface area contributed by atoms with Gasteiger partial charge in [-0.25, -0.2) is 13.1 Å². The standard InChI is InChI=1S/C20H24BrN3O3S2/c21-17-8-7-15(29(26,27)23-14-5-6-14)12-16(17)20(25)22-13-18(19-4-3-11-28-19)24-9-1-2-10-24/h3-4,7-8,11-12,14,18,23H,1-2,5-6,9-10,13H2,(H,22,25). The van der Waals surface area contributed by atoms with Gasteiger partial charge in [-0.05, 0) is 84.3 Å². The van der Waals surface area contributed by atoms with Gasteiger partial charge in [-0.1, -0.05) is 6.07 Å². The molecular formula is C20H24BrN3O3S2. The van der Waals surface area contributed by atoms with Crippen LogP contribution in [0.25, 0.3) is 0 Å². The van der Waals surface area contributed by atoms with E-state index in [9.17, 15) is 13.2 Å². The molecule has 29 heavy (non-hydrogen) atoms. The first-order chi connectivity index (χ1) is 13.9. The van der Waals surface area contributed by atoms with E-state index >= 15 is 0 Å². The molecule has 4 rings (SSSR count). The molecule has 1 aromatic heterocycles. The molecule has 2 N–H and O–H groups in total. The van der Waals surface area contributed by atoms with Gasteiger partial charge in [-0.15, -0.1) is 11.3 Å². The number of hydrogen-bond donors (Lipinski definition) is 2. The van der Waals surface area contributed by atoms with Gasteiger partial charge in [0, 0.05) is 21.9 Å². The maximum Gasteiger partial charge on any atom is 0.252 e. The van der Waals surface area contributed by atoms with Gasteiger partial charge in [-0.3, -0.25) is 9.69 Å². The van der Waals surface area contributed by atoms with Crippen LogP contribution in [0, 0.1) is 0 Å². The van der Waals surface area contributed by atoms with Gasteiger partial charge >= 0.3 is 0 Å². The number of sulfonamides is 1. The van der Waals surface area contributed by atoms with E-state index < -0.39 is 10.0 Å². The van der Waals surface area contributed by atoms with Crippen LogP contribution in [0.15, 0.2) is 45.1 Å². The topological polar surface area (TPSA) is 78.5 Å². The van der Waals surface area contributed by atoms with Crippen molar-refractivity contribution in [2.45, 2.75) is 42.7 Å². The first kappa shape index (κ1) is 21.0. The third-order valence-electron chi connectivity index (χ3n) is 5.30. The van der Waals surface area contributed by atoms with Crippen LogP contribution >= 0.6 is 27.3 Å². The summed E-state index contributed by atoms with van der Waals surface area (Å²) < 4.78 is 28.2. The maximum atomic E-state index is 12.9. The average molecular weight is 498 g/mol. The second kappa shape index (κ2) is 8.85. The smallest absolute Gasteiger partial charge is 0.252 e. The van der Waals surface area contributed by atoms with E-state index in [1.165, 1.54) is 29.9 Å². The van der Waals surface area contributed by atoms with Crippen LogP contribution in [-0.2, 0) is 10.0 Å². The largest absolute Gasteiger partial charge is 0.350 e. The number of nitrogens with zero attached hydrogens (tertiary/aromatic N) is 1. The molecule has 1 aromatic carbocycles. The van der Waals surface area contributed by atoms with Crippen molar-refractivity contribution >= 4 is 43.2 Å². The SMILES string of the molecule is O=C(NCC(c1cccs1)N1CCCC1)c1cc(S(=O)(=O)NC2CC2)ccc1Br. The summed E-state index contributed by atoms with van der Waals surface area (Å²) in [7, 11) is -3.61. The van der Waals surface area contributed by atoms with Gasteiger partial charge < -0.3 is 5.32 Å². The highest BCUT2D eigenvalue weighted by Gasteiger charge is 2.29. The van der Waals surface area contributed by atoms with E-state index in [0.717, 1.165) is 25.9 Å². The first-order valence-electron chi connectivity index (χ1n) is 9.81. The van der Waals surface area contributed by atoms with E-state index in [0.29, 0.717) is 16.6 Å². The minimum Gasteiger partial charge on any atom is -0.350 e. The van der Waals surface area contributed by atoms with E-state index in [1.54, 1.807) is 17.4 Å². The molecule has 1 saturated heterocycles. The second-order valence-electron chi connectivity index (χ2n) is 7.52. The summed E-state index contributed by atoms with van der Waals surface area (Å²) in [5, 5.41) is 5.07. The second-order valence-corrected chi connectivity index (χ2v) is 11.1. The molecule has 1 unspecified atom stereocenters. The Morgan fingerprint density at radius 2 is 2.00 bits per heavy atom. The van der Waals surface area contributed by atoms with Gasteiger partial charge in [0.05, 0.1) is 16.5 Å². The Morgan fingerprint density at radius 1 is 1.24 bits per heavy atom. The molecule has 2 fully saturated rings. The van der Waals surface area contributed by atoms with Crippen LogP contribution in [0.2, 0.25) is 0 Å². The van der Waals surface area contributed by atoms with Crippen molar-refractivity contribution < 1.29 is 13.2 Å². The molecule has 0 bridgehead atoms. The van der Waals surface area contributed by atoms with Crippen LogP contribution in [-0.4, -0.2) is 44.9 Å². The van der Waals surface area contributed by atoms with Crippen LogP contribution in [0.3, 0.4) is 0 Å². The number of thiophene rings is 1. The predicted octanol–water partition coefficient (Wildman–Crippen LogP) is 3.52. The number of benzene rings is 1. The Hall–Kier alpha value is -1.26. The summed E-state index contributed by atoms with van der Waals surface area (Å²) in [6.45, 7) is 2.55. The quantitative estimate of drug-likeness (QED) is 0.584. The number of rotatable bonds is 8. The lowest BCUT2D eigenvalue weighted by molar-refractivity contribution is 0.0937. The lowest BCUT2D eigenvalue weighted by atomic mass is 10.2. The third-order valence-corrected chi connectivity index (χ3v) is 8.48. The molecule has 2 heterocycles. The fraction of sp³-hybridized carbons (Fsp3) is 0.450. The number of hydrogen-bond acceptors (Lipinski definition) is 5. The lowest BCUT2D eigenvalue weighted by Gasteiger charge is -2.27. The summed E-state index contributed by atoms with van der Waals surface area (Å²) in [5.41, 5.74) is 0.329. The number of amides is 1.